The fourth-order valence-electron chi connectivity index (χ4n) is 1.69. The van der Waals surface area contributed by atoms with Crippen LogP contribution in [0.1, 0.15) is 6.42 Å². The summed E-state index contributed by atoms with van der Waals surface area (Å²) in [7, 11) is 0. The van der Waals surface area contributed by atoms with E-state index < -0.39 is 0 Å². The number of para-hydroxylation sites is 1. The van der Waals surface area contributed by atoms with Gasteiger partial charge in [-0.1, -0.05) is 18.2 Å². The zero-order valence-corrected chi connectivity index (χ0v) is 9.48. The number of urea groups is 1. The van der Waals surface area contributed by atoms with Crippen LogP contribution in [0.4, 0.5) is 10.5 Å². The summed E-state index contributed by atoms with van der Waals surface area (Å²) in [6.45, 7) is 1.52. The molecule has 2 N–H and O–H groups in total. The van der Waals surface area contributed by atoms with Gasteiger partial charge in [0, 0.05) is 31.7 Å². The quantitative estimate of drug-likeness (QED) is 0.761. The lowest BCUT2D eigenvalue weighted by Gasteiger charge is -2.19. The smallest absolute Gasteiger partial charge is 0.321 e. The number of carbonyl (C=O) groups is 2. The topological polar surface area (TPSA) is 61.4 Å². The van der Waals surface area contributed by atoms with E-state index in [0.717, 1.165) is 5.69 Å². The van der Waals surface area contributed by atoms with Gasteiger partial charge in [-0.25, -0.2) is 4.79 Å². The Labute approximate surface area is 99.8 Å². The summed E-state index contributed by atoms with van der Waals surface area (Å²) in [6, 6.07) is 9.13. The maximum Gasteiger partial charge on any atom is 0.321 e. The van der Waals surface area contributed by atoms with E-state index in [1.165, 1.54) is 0 Å². The highest BCUT2D eigenvalue weighted by Gasteiger charge is 2.17. The molecule has 1 aromatic rings. The summed E-state index contributed by atoms with van der Waals surface area (Å²) in [5.74, 6) is 0.0000103. The van der Waals surface area contributed by atoms with Crippen LogP contribution in [0.3, 0.4) is 0 Å². The van der Waals surface area contributed by atoms with Crippen LogP contribution in [0, 0.1) is 0 Å². The largest absolute Gasteiger partial charge is 0.354 e. The third kappa shape index (κ3) is 3.21. The number of nitrogens with one attached hydrogen (secondary N) is 2. The maximum absolute atomic E-state index is 11.9. The summed E-state index contributed by atoms with van der Waals surface area (Å²) < 4.78 is 0. The van der Waals surface area contributed by atoms with Gasteiger partial charge in [-0.15, -0.1) is 0 Å². The lowest BCUT2D eigenvalue weighted by molar-refractivity contribution is -0.120. The Morgan fingerprint density at radius 1 is 1.24 bits per heavy atom. The number of carbonyl (C=O) groups excluding carboxylic acids is 2. The third-order valence-electron chi connectivity index (χ3n) is 2.62. The predicted octanol–water partition coefficient (Wildman–Crippen LogP) is 1.04. The normalized spacial score (nSPS) is 16.0. The highest BCUT2D eigenvalue weighted by atomic mass is 16.2. The molecule has 3 amide bonds. The van der Waals surface area contributed by atoms with Crippen molar-refractivity contribution in [1.82, 2.24) is 10.2 Å². The van der Waals surface area contributed by atoms with E-state index in [-0.39, 0.29) is 11.9 Å². The Kier molecular flexibility index (Phi) is 3.59. The molecule has 90 valence electrons. The first kappa shape index (κ1) is 11.4. The van der Waals surface area contributed by atoms with Gasteiger partial charge >= 0.3 is 6.03 Å². The molecule has 17 heavy (non-hydrogen) atoms. The lowest BCUT2D eigenvalue weighted by Crippen LogP contribution is -2.37. The van der Waals surface area contributed by atoms with Crippen molar-refractivity contribution < 1.29 is 9.59 Å². The first-order valence-electron chi connectivity index (χ1n) is 5.63. The van der Waals surface area contributed by atoms with Crippen LogP contribution >= 0.6 is 0 Å². The number of benzene rings is 1. The minimum absolute atomic E-state index is 0.0000103. The summed E-state index contributed by atoms with van der Waals surface area (Å²) in [6.07, 6.45) is 0.363. The lowest BCUT2D eigenvalue weighted by atomic mass is 10.3. The second-order valence-corrected chi connectivity index (χ2v) is 3.88. The minimum Gasteiger partial charge on any atom is -0.354 e. The molecule has 0 atom stereocenters. The number of rotatable bonds is 1. The second-order valence-electron chi connectivity index (χ2n) is 3.88. The molecule has 1 heterocycles. The Morgan fingerprint density at radius 3 is 2.76 bits per heavy atom. The Morgan fingerprint density at radius 2 is 2.00 bits per heavy atom. The van der Waals surface area contributed by atoms with Crippen molar-refractivity contribution in [3.05, 3.63) is 30.3 Å². The predicted molar refractivity (Wildman–Crippen MR) is 64.7 cm³/mol. The number of nitrogens with zero attached hydrogens (tertiary/aromatic N) is 1. The molecule has 5 heteroatoms. The summed E-state index contributed by atoms with van der Waals surface area (Å²) in [4.78, 5) is 24.7. The minimum atomic E-state index is -0.160. The maximum atomic E-state index is 11.9. The van der Waals surface area contributed by atoms with Crippen molar-refractivity contribution in [2.24, 2.45) is 0 Å². The SMILES string of the molecule is O=C1CCN(C(=O)Nc2ccccc2)CCN1. The van der Waals surface area contributed by atoms with Crippen molar-refractivity contribution in [3.63, 3.8) is 0 Å². The van der Waals surface area contributed by atoms with E-state index in [0.29, 0.717) is 26.1 Å². The van der Waals surface area contributed by atoms with Gasteiger partial charge in [0.15, 0.2) is 0 Å². The first-order chi connectivity index (χ1) is 8.25. The molecule has 1 saturated heterocycles. The molecule has 0 unspecified atom stereocenters. The van der Waals surface area contributed by atoms with Crippen LogP contribution in [0.5, 0.6) is 0 Å². The van der Waals surface area contributed by atoms with Crippen LogP contribution in [0.2, 0.25) is 0 Å². The molecule has 0 aliphatic carbocycles. The monoisotopic (exact) mass is 233 g/mol. The molecule has 1 aromatic carbocycles. The van der Waals surface area contributed by atoms with E-state index >= 15 is 0 Å². The van der Waals surface area contributed by atoms with E-state index in [4.69, 9.17) is 0 Å². The van der Waals surface area contributed by atoms with Crippen molar-refractivity contribution in [2.75, 3.05) is 25.0 Å². The van der Waals surface area contributed by atoms with E-state index in [2.05, 4.69) is 10.6 Å². The van der Waals surface area contributed by atoms with E-state index in [9.17, 15) is 9.59 Å². The highest BCUT2D eigenvalue weighted by molar-refractivity contribution is 5.90. The van der Waals surface area contributed by atoms with Crippen LogP contribution < -0.4 is 10.6 Å². The Balaban J connectivity index is 1.93. The molecule has 0 aromatic heterocycles. The average Bonchev–Trinajstić information content (AvgIpc) is 2.55. The third-order valence-corrected chi connectivity index (χ3v) is 2.62. The van der Waals surface area contributed by atoms with Gasteiger partial charge < -0.3 is 15.5 Å². The molecule has 0 radical (unpaired) electrons. The van der Waals surface area contributed by atoms with E-state index in [1.807, 2.05) is 30.3 Å². The first-order valence-corrected chi connectivity index (χ1v) is 5.63. The molecule has 1 aliphatic rings. The molecule has 0 saturated carbocycles. The fraction of sp³-hybridized carbons (Fsp3) is 0.333. The van der Waals surface area contributed by atoms with Crippen LogP contribution in [-0.4, -0.2) is 36.5 Å². The summed E-state index contributed by atoms with van der Waals surface area (Å²) >= 11 is 0. The number of hydrogen-bond acceptors (Lipinski definition) is 2. The van der Waals surface area contributed by atoms with Crippen molar-refractivity contribution in [3.8, 4) is 0 Å². The Hall–Kier alpha value is -2.04. The standard InChI is InChI=1S/C12H15N3O2/c16-11-6-8-15(9-7-13-11)12(17)14-10-4-2-1-3-5-10/h1-5H,6-9H2,(H,13,16)(H,14,17). The molecular weight excluding hydrogens is 218 g/mol. The van der Waals surface area contributed by atoms with Gasteiger partial charge in [0.05, 0.1) is 0 Å². The molecule has 1 fully saturated rings. The van der Waals surface area contributed by atoms with Crippen molar-refractivity contribution >= 4 is 17.6 Å². The zero-order chi connectivity index (χ0) is 12.1. The van der Waals surface area contributed by atoms with Crippen molar-refractivity contribution in [2.45, 2.75) is 6.42 Å². The van der Waals surface area contributed by atoms with Gasteiger partial charge in [-0.05, 0) is 12.1 Å². The fourth-order valence-corrected chi connectivity index (χ4v) is 1.69. The number of anilines is 1. The number of amides is 3. The van der Waals surface area contributed by atoms with Gasteiger partial charge in [0.1, 0.15) is 0 Å². The van der Waals surface area contributed by atoms with Gasteiger partial charge in [0.25, 0.3) is 0 Å². The average molecular weight is 233 g/mol. The molecular formula is C12H15N3O2. The molecule has 5 nitrogen and oxygen atoms in total. The van der Waals surface area contributed by atoms with Crippen LogP contribution in [-0.2, 0) is 4.79 Å². The van der Waals surface area contributed by atoms with Crippen LogP contribution in [0.25, 0.3) is 0 Å². The van der Waals surface area contributed by atoms with Gasteiger partial charge in [0.2, 0.25) is 5.91 Å². The van der Waals surface area contributed by atoms with Crippen LogP contribution in [0.15, 0.2) is 30.3 Å². The van der Waals surface area contributed by atoms with Crippen molar-refractivity contribution in [1.29, 1.82) is 0 Å². The Bertz CT molecular complexity index is 405. The molecule has 0 spiro atoms. The number of hydrogen-bond donors (Lipinski definition) is 2. The zero-order valence-electron chi connectivity index (χ0n) is 9.48. The molecule has 1 aliphatic heterocycles. The summed E-state index contributed by atoms with van der Waals surface area (Å²) in [5.41, 5.74) is 0.765. The van der Waals surface area contributed by atoms with Gasteiger partial charge in [-0.3, -0.25) is 4.79 Å². The highest BCUT2D eigenvalue weighted by Crippen LogP contribution is 2.07. The molecule has 0 bridgehead atoms. The van der Waals surface area contributed by atoms with Gasteiger partial charge in [-0.2, -0.15) is 0 Å². The molecule has 2 rings (SSSR count). The summed E-state index contributed by atoms with van der Waals surface area (Å²) in [5, 5.41) is 5.53. The van der Waals surface area contributed by atoms with E-state index in [1.54, 1.807) is 4.90 Å². The second kappa shape index (κ2) is 5.34.